The van der Waals surface area contributed by atoms with Gasteiger partial charge in [0.05, 0.1) is 12.7 Å². The van der Waals surface area contributed by atoms with Crippen molar-refractivity contribution < 1.29 is 27.4 Å². The van der Waals surface area contributed by atoms with Gasteiger partial charge in [-0.3, -0.25) is 0 Å². The summed E-state index contributed by atoms with van der Waals surface area (Å²) in [5.74, 6) is -1.65. The van der Waals surface area contributed by atoms with Crippen molar-refractivity contribution in [2.24, 2.45) is 0 Å². The molecule has 0 aromatic heterocycles. The van der Waals surface area contributed by atoms with Crippen molar-refractivity contribution in [1.29, 1.82) is 5.26 Å². The first-order valence-electron chi connectivity index (χ1n) is 4.39. The third-order valence-corrected chi connectivity index (χ3v) is 2.19. The lowest BCUT2D eigenvalue weighted by Gasteiger charge is -2.12. The summed E-state index contributed by atoms with van der Waals surface area (Å²) >= 11 is 3.82. The lowest BCUT2D eigenvalue weighted by Crippen LogP contribution is -2.18. The number of rotatable bonds is 2. The zero-order valence-electron chi connectivity index (χ0n) is 8.91. The van der Waals surface area contributed by atoms with Crippen LogP contribution in [0.3, 0.4) is 0 Å². The Morgan fingerprint density at radius 3 is 2.50 bits per heavy atom. The van der Waals surface area contributed by atoms with Crippen molar-refractivity contribution in [3.63, 3.8) is 0 Å². The molecule has 1 rings (SSSR count). The van der Waals surface area contributed by atoms with Crippen LogP contribution in [-0.2, 0) is 4.74 Å². The summed E-state index contributed by atoms with van der Waals surface area (Å²) in [6, 6.07) is 3.41. The number of methoxy groups -OCH3 is 1. The summed E-state index contributed by atoms with van der Waals surface area (Å²) in [5.41, 5.74) is -0.607. The van der Waals surface area contributed by atoms with Gasteiger partial charge in [-0.05, 0) is 12.1 Å². The molecular weight excluding hydrogens is 271 g/mol. The maximum atomic E-state index is 12.1. The number of nitriles is 1. The molecule has 0 unspecified atom stereocenters. The third-order valence-electron chi connectivity index (χ3n) is 1.84. The maximum Gasteiger partial charge on any atom is 0.573 e. The van der Waals surface area contributed by atoms with Gasteiger partial charge in [-0.25, -0.2) is 4.79 Å². The van der Waals surface area contributed by atoms with Crippen molar-refractivity contribution in [1.82, 2.24) is 0 Å². The first-order chi connectivity index (χ1) is 8.28. The number of alkyl halides is 3. The second-order valence-corrected chi connectivity index (χ2v) is 3.50. The Morgan fingerprint density at radius 1 is 1.44 bits per heavy atom. The highest BCUT2D eigenvalue weighted by Crippen LogP contribution is 2.31. The molecule has 0 aliphatic heterocycles. The van der Waals surface area contributed by atoms with Gasteiger partial charge in [-0.15, -0.1) is 25.8 Å². The van der Waals surface area contributed by atoms with Gasteiger partial charge in [0.25, 0.3) is 0 Å². The van der Waals surface area contributed by atoms with Crippen molar-refractivity contribution in [3.05, 3.63) is 23.3 Å². The molecule has 96 valence electrons. The summed E-state index contributed by atoms with van der Waals surface area (Å²) in [5, 5.41) is 8.72. The molecule has 8 heteroatoms. The summed E-state index contributed by atoms with van der Waals surface area (Å²) < 4.78 is 44.4. The van der Waals surface area contributed by atoms with Crippen molar-refractivity contribution in [2.75, 3.05) is 7.11 Å². The molecule has 0 bridgehead atoms. The van der Waals surface area contributed by atoms with Crippen molar-refractivity contribution >= 4 is 18.6 Å². The fourth-order valence-corrected chi connectivity index (χ4v) is 1.45. The lowest BCUT2D eigenvalue weighted by molar-refractivity contribution is -0.274. The maximum absolute atomic E-state index is 12.1. The van der Waals surface area contributed by atoms with Crippen LogP contribution < -0.4 is 4.74 Å². The highest BCUT2D eigenvalue weighted by molar-refractivity contribution is 7.80. The number of benzene rings is 1. The van der Waals surface area contributed by atoms with Gasteiger partial charge in [-0.1, -0.05) is 0 Å². The van der Waals surface area contributed by atoms with Crippen molar-refractivity contribution in [2.45, 2.75) is 11.3 Å². The quantitative estimate of drug-likeness (QED) is 0.666. The molecule has 0 spiro atoms. The number of carbonyl (C=O) groups excluding carboxylic acids is 1. The average Bonchev–Trinajstić information content (AvgIpc) is 2.25. The van der Waals surface area contributed by atoms with Crippen LogP contribution in [0.1, 0.15) is 15.9 Å². The average molecular weight is 277 g/mol. The Morgan fingerprint density at radius 2 is 2.06 bits per heavy atom. The molecule has 0 fully saturated rings. The van der Waals surface area contributed by atoms with Crippen LogP contribution >= 0.6 is 12.6 Å². The highest BCUT2D eigenvalue weighted by Gasteiger charge is 2.33. The van der Waals surface area contributed by atoms with Gasteiger partial charge in [0.1, 0.15) is 17.4 Å². The minimum Gasteiger partial charge on any atom is -0.465 e. The lowest BCUT2D eigenvalue weighted by atomic mass is 10.1. The number of nitrogens with zero attached hydrogens (tertiary/aromatic N) is 1. The number of hydrogen-bond donors (Lipinski definition) is 1. The number of thiol groups is 1. The fraction of sp³-hybridized carbons (Fsp3) is 0.200. The molecule has 1 aromatic rings. The third kappa shape index (κ3) is 3.30. The zero-order valence-corrected chi connectivity index (χ0v) is 9.80. The number of esters is 1. The summed E-state index contributed by atoms with van der Waals surface area (Å²) in [7, 11) is 1.07. The molecule has 0 radical (unpaired) electrons. The van der Waals surface area contributed by atoms with Crippen LogP contribution in [0, 0.1) is 11.3 Å². The zero-order chi connectivity index (χ0) is 13.9. The first kappa shape index (κ1) is 14.2. The van der Waals surface area contributed by atoms with E-state index in [0.29, 0.717) is 0 Å². The fourth-order valence-electron chi connectivity index (χ4n) is 1.15. The molecule has 0 saturated heterocycles. The molecular formula is C10H6F3NO3S. The minimum absolute atomic E-state index is 0.111. The van der Waals surface area contributed by atoms with E-state index in [4.69, 9.17) is 5.26 Å². The molecule has 0 N–H and O–H groups in total. The molecule has 0 heterocycles. The van der Waals surface area contributed by atoms with Crippen LogP contribution in [0.25, 0.3) is 0 Å². The van der Waals surface area contributed by atoms with Crippen LogP contribution in [0.5, 0.6) is 5.75 Å². The van der Waals surface area contributed by atoms with Crippen LogP contribution in [0.4, 0.5) is 13.2 Å². The number of ether oxygens (including phenoxy) is 2. The Kier molecular flexibility index (Phi) is 4.08. The van der Waals surface area contributed by atoms with Gasteiger partial charge in [0, 0.05) is 4.90 Å². The molecule has 0 aliphatic carbocycles. The van der Waals surface area contributed by atoms with E-state index in [1.807, 2.05) is 0 Å². The Labute approximate surface area is 105 Å². The predicted octanol–water partition coefficient (Wildman–Crippen LogP) is 2.53. The minimum atomic E-state index is -4.97. The highest BCUT2D eigenvalue weighted by atomic mass is 32.1. The number of carbonyl (C=O) groups is 1. The van der Waals surface area contributed by atoms with Crippen LogP contribution in [-0.4, -0.2) is 19.4 Å². The molecule has 18 heavy (non-hydrogen) atoms. The Hall–Kier alpha value is -1.88. The second-order valence-electron chi connectivity index (χ2n) is 3.02. The van der Waals surface area contributed by atoms with E-state index in [2.05, 4.69) is 22.1 Å². The van der Waals surface area contributed by atoms with E-state index in [1.165, 1.54) is 6.07 Å². The molecule has 0 amide bonds. The smallest absolute Gasteiger partial charge is 0.465 e. The Balaban J connectivity index is 3.33. The van der Waals surface area contributed by atoms with Crippen molar-refractivity contribution in [3.8, 4) is 11.8 Å². The SMILES string of the molecule is COC(=O)c1cc(S)c(C#N)c(OC(F)(F)F)c1. The molecule has 0 saturated carbocycles. The summed E-state index contributed by atoms with van der Waals surface area (Å²) in [6.45, 7) is 0. The molecule has 0 atom stereocenters. The van der Waals surface area contributed by atoms with E-state index in [0.717, 1.165) is 19.2 Å². The van der Waals surface area contributed by atoms with Gasteiger partial charge >= 0.3 is 12.3 Å². The van der Waals surface area contributed by atoms with Gasteiger partial charge in [-0.2, -0.15) is 5.26 Å². The monoisotopic (exact) mass is 277 g/mol. The largest absolute Gasteiger partial charge is 0.573 e. The summed E-state index contributed by atoms with van der Waals surface area (Å²) in [4.78, 5) is 11.1. The van der Waals surface area contributed by atoms with Gasteiger partial charge < -0.3 is 9.47 Å². The van der Waals surface area contributed by atoms with E-state index in [9.17, 15) is 18.0 Å². The van der Waals surface area contributed by atoms with E-state index in [1.54, 1.807) is 0 Å². The summed E-state index contributed by atoms with van der Waals surface area (Å²) in [6.07, 6.45) is -4.97. The molecule has 0 aliphatic rings. The van der Waals surface area contributed by atoms with Crippen LogP contribution in [0.15, 0.2) is 17.0 Å². The topological polar surface area (TPSA) is 59.3 Å². The number of hydrogen-bond acceptors (Lipinski definition) is 5. The number of halogens is 3. The second kappa shape index (κ2) is 5.18. The normalized spacial score (nSPS) is 10.7. The van der Waals surface area contributed by atoms with E-state index < -0.39 is 23.6 Å². The predicted molar refractivity (Wildman–Crippen MR) is 56.4 cm³/mol. The van der Waals surface area contributed by atoms with E-state index >= 15 is 0 Å². The Bertz CT molecular complexity index is 522. The molecule has 4 nitrogen and oxygen atoms in total. The molecule has 1 aromatic carbocycles. The van der Waals surface area contributed by atoms with Crippen LogP contribution in [0.2, 0.25) is 0 Å². The first-order valence-corrected chi connectivity index (χ1v) is 4.84. The van der Waals surface area contributed by atoms with E-state index in [-0.39, 0.29) is 10.5 Å². The standard InChI is InChI=1S/C10H6F3NO3S/c1-16-9(15)5-2-7(17-10(11,12)13)6(4-14)8(18)3-5/h2-3,18H,1H3. The van der Waals surface area contributed by atoms with Gasteiger partial charge in [0.15, 0.2) is 0 Å². The van der Waals surface area contributed by atoms with Gasteiger partial charge in [0.2, 0.25) is 0 Å².